The summed E-state index contributed by atoms with van der Waals surface area (Å²) in [5, 5.41) is 0. The average molecular weight is 408 g/mol. The molecule has 0 saturated heterocycles. The third-order valence-corrected chi connectivity index (χ3v) is 9.63. The summed E-state index contributed by atoms with van der Waals surface area (Å²) in [5.74, 6) is 0. The van der Waals surface area contributed by atoms with Crippen molar-refractivity contribution >= 4 is 8.24 Å². The van der Waals surface area contributed by atoms with Crippen LogP contribution in [0.3, 0.4) is 0 Å². The van der Waals surface area contributed by atoms with E-state index in [4.69, 9.17) is 0 Å². The summed E-state index contributed by atoms with van der Waals surface area (Å²) in [5.41, 5.74) is 9.72. The highest BCUT2D eigenvalue weighted by atomic mass is 28.3. The van der Waals surface area contributed by atoms with Crippen molar-refractivity contribution in [3.63, 3.8) is 0 Å². The molecule has 158 valence electrons. The third kappa shape index (κ3) is 4.39. The Morgan fingerprint density at radius 3 is 1.34 bits per heavy atom. The molecule has 0 amide bonds. The van der Waals surface area contributed by atoms with Crippen molar-refractivity contribution in [2.24, 2.45) is 0 Å². The zero-order chi connectivity index (χ0) is 22.0. The standard InChI is InChI=1S/C27H41NSi/c1-25(2,3)18-12-14-20-21-15-13-19(26(4,5)6)17-23(21)24(22(20)16-18)29(10,11)28-27(7,8)9/h12-17,24,28H,1-11H3. The van der Waals surface area contributed by atoms with Gasteiger partial charge in [-0.2, -0.15) is 0 Å². The first-order chi connectivity index (χ1) is 13.0. The van der Waals surface area contributed by atoms with Crippen LogP contribution in [0.1, 0.15) is 90.1 Å². The molecule has 2 aromatic rings. The first kappa shape index (κ1) is 22.3. The molecule has 0 atom stereocenters. The van der Waals surface area contributed by atoms with Gasteiger partial charge in [0.2, 0.25) is 0 Å². The third-order valence-electron chi connectivity index (χ3n) is 6.17. The summed E-state index contributed by atoms with van der Waals surface area (Å²) < 4.78 is 0. The van der Waals surface area contributed by atoms with E-state index in [0.717, 1.165) is 0 Å². The minimum absolute atomic E-state index is 0.113. The minimum atomic E-state index is -1.82. The van der Waals surface area contributed by atoms with Gasteiger partial charge in [0.15, 0.2) is 0 Å². The topological polar surface area (TPSA) is 12.0 Å². The van der Waals surface area contributed by atoms with E-state index < -0.39 is 8.24 Å². The molecule has 1 N–H and O–H groups in total. The predicted molar refractivity (Wildman–Crippen MR) is 131 cm³/mol. The van der Waals surface area contributed by atoms with E-state index in [1.165, 1.54) is 33.4 Å². The lowest BCUT2D eigenvalue weighted by atomic mass is 9.85. The molecule has 2 aromatic carbocycles. The Morgan fingerprint density at radius 1 is 0.655 bits per heavy atom. The summed E-state index contributed by atoms with van der Waals surface area (Å²) in [6.45, 7) is 25.8. The molecule has 0 heterocycles. The van der Waals surface area contributed by atoms with Gasteiger partial charge < -0.3 is 4.98 Å². The molecule has 2 heteroatoms. The summed E-state index contributed by atoms with van der Waals surface area (Å²) in [6, 6.07) is 14.5. The van der Waals surface area contributed by atoms with Crippen LogP contribution in [0.4, 0.5) is 0 Å². The Balaban J connectivity index is 2.26. The summed E-state index contributed by atoms with van der Waals surface area (Å²) in [6.07, 6.45) is 0. The van der Waals surface area contributed by atoms with Crippen LogP contribution in [-0.4, -0.2) is 13.8 Å². The molecule has 0 saturated carbocycles. The normalized spacial score (nSPS) is 15.4. The zero-order valence-electron chi connectivity index (χ0n) is 20.5. The van der Waals surface area contributed by atoms with Crippen molar-refractivity contribution in [3.05, 3.63) is 58.7 Å². The van der Waals surface area contributed by atoms with Gasteiger partial charge in [0.25, 0.3) is 0 Å². The molecular weight excluding hydrogens is 366 g/mol. The molecule has 1 nitrogen and oxygen atoms in total. The van der Waals surface area contributed by atoms with E-state index in [2.05, 4.69) is 117 Å². The Hall–Kier alpha value is -1.38. The lowest BCUT2D eigenvalue weighted by Crippen LogP contribution is -2.58. The van der Waals surface area contributed by atoms with Crippen molar-refractivity contribution in [2.75, 3.05) is 0 Å². The monoisotopic (exact) mass is 407 g/mol. The van der Waals surface area contributed by atoms with Crippen LogP contribution in [0.2, 0.25) is 13.1 Å². The number of rotatable bonds is 2. The van der Waals surface area contributed by atoms with E-state index >= 15 is 0 Å². The maximum absolute atomic E-state index is 4.07. The van der Waals surface area contributed by atoms with Gasteiger partial charge in [0, 0.05) is 11.1 Å². The first-order valence-electron chi connectivity index (χ1n) is 11.1. The van der Waals surface area contributed by atoms with Gasteiger partial charge >= 0.3 is 0 Å². The van der Waals surface area contributed by atoms with Gasteiger partial charge in [0.05, 0.1) is 0 Å². The molecule has 1 aliphatic carbocycles. The number of hydrogen-bond acceptors (Lipinski definition) is 1. The molecule has 1 aliphatic rings. The fourth-order valence-electron chi connectivity index (χ4n) is 5.01. The highest BCUT2D eigenvalue weighted by molar-refractivity contribution is 6.77. The fraction of sp³-hybridized carbons (Fsp3) is 0.556. The van der Waals surface area contributed by atoms with Crippen LogP contribution in [0.5, 0.6) is 0 Å². The Bertz CT molecular complexity index is 854. The van der Waals surface area contributed by atoms with Crippen molar-refractivity contribution in [3.8, 4) is 11.1 Å². The van der Waals surface area contributed by atoms with Gasteiger partial charge in [0.1, 0.15) is 8.24 Å². The lowest BCUT2D eigenvalue weighted by Gasteiger charge is -2.39. The number of hydrogen-bond donors (Lipinski definition) is 1. The molecule has 3 rings (SSSR count). The van der Waals surface area contributed by atoms with Crippen LogP contribution < -0.4 is 4.98 Å². The van der Waals surface area contributed by atoms with E-state index in [0.29, 0.717) is 5.54 Å². The summed E-state index contributed by atoms with van der Waals surface area (Å²) in [7, 11) is -1.82. The largest absolute Gasteiger partial charge is 0.332 e. The second kappa shape index (κ2) is 6.82. The molecule has 0 fully saturated rings. The molecule has 0 spiro atoms. The van der Waals surface area contributed by atoms with Crippen molar-refractivity contribution in [2.45, 2.75) is 97.3 Å². The van der Waals surface area contributed by atoms with Gasteiger partial charge in [-0.05, 0) is 65.0 Å². The maximum Gasteiger partial charge on any atom is 0.131 e. The van der Waals surface area contributed by atoms with E-state index in [9.17, 15) is 0 Å². The smallest absolute Gasteiger partial charge is 0.131 e. The van der Waals surface area contributed by atoms with Crippen LogP contribution >= 0.6 is 0 Å². The maximum atomic E-state index is 4.07. The fourth-order valence-corrected chi connectivity index (χ4v) is 9.12. The van der Waals surface area contributed by atoms with Crippen LogP contribution in [-0.2, 0) is 10.8 Å². The Labute approximate surface area is 180 Å². The summed E-state index contributed by atoms with van der Waals surface area (Å²) in [4.78, 5) is 4.07. The second-order valence-electron chi connectivity index (χ2n) is 12.6. The molecule has 29 heavy (non-hydrogen) atoms. The van der Waals surface area contributed by atoms with Crippen molar-refractivity contribution < 1.29 is 0 Å². The van der Waals surface area contributed by atoms with E-state index in [-0.39, 0.29) is 16.4 Å². The Kier molecular flexibility index (Phi) is 5.24. The number of benzene rings is 2. The average Bonchev–Trinajstić information content (AvgIpc) is 2.84. The van der Waals surface area contributed by atoms with E-state index in [1.54, 1.807) is 0 Å². The number of nitrogens with one attached hydrogen (secondary N) is 1. The second-order valence-corrected chi connectivity index (χ2v) is 16.9. The minimum Gasteiger partial charge on any atom is -0.332 e. The van der Waals surface area contributed by atoms with Crippen LogP contribution in [0.25, 0.3) is 11.1 Å². The molecule has 0 aliphatic heterocycles. The molecule has 0 aromatic heterocycles. The first-order valence-corrected chi connectivity index (χ1v) is 14.2. The molecule has 0 bridgehead atoms. The molecular formula is C27H41NSi. The van der Waals surface area contributed by atoms with Gasteiger partial charge in [-0.15, -0.1) is 0 Å². The number of fused-ring (bicyclic) bond motifs is 3. The predicted octanol–water partition coefficient (Wildman–Crippen LogP) is 7.53. The van der Waals surface area contributed by atoms with Gasteiger partial charge in [-0.1, -0.05) is 91.0 Å². The molecule has 0 radical (unpaired) electrons. The Morgan fingerprint density at radius 2 is 1.03 bits per heavy atom. The lowest BCUT2D eigenvalue weighted by molar-refractivity contribution is 0.508. The SMILES string of the molecule is CC(C)(C)N[Si](C)(C)C1c2cc(C(C)(C)C)ccc2-c2ccc(C(C)(C)C)cc21. The zero-order valence-corrected chi connectivity index (χ0v) is 21.5. The van der Waals surface area contributed by atoms with Gasteiger partial charge in [-0.25, -0.2) is 0 Å². The highest BCUT2D eigenvalue weighted by Crippen LogP contribution is 2.50. The molecule has 0 unspecified atom stereocenters. The highest BCUT2D eigenvalue weighted by Gasteiger charge is 2.43. The summed E-state index contributed by atoms with van der Waals surface area (Å²) >= 11 is 0. The van der Waals surface area contributed by atoms with Gasteiger partial charge in [-0.3, -0.25) is 0 Å². The van der Waals surface area contributed by atoms with Crippen molar-refractivity contribution in [1.82, 2.24) is 4.98 Å². The van der Waals surface area contributed by atoms with Crippen LogP contribution in [0, 0.1) is 0 Å². The van der Waals surface area contributed by atoms with Crippen molar-refractivity contribution in [1.29, 1.82) is 0 Å². The van der Waals surface area contributed by atoms with Crippen LogP contribution in [0.15, 0.2) is 36.4 Å². The quantitative estimate of drug-likeness (QED) is 0.507. The van der Waals surface area contributed by atoms with E-state index in [1.807, 2.05) is 0 Å².